The number of fused-ring (bicyclic) bond motifs is 1. The molecule has 1 saturated carbocycles. The molecule has 0 unspecified atom stereocenters. The van der Waals surface area contributed by atoms with Crippen LogP contribution in [0.4, 0.5) is 17.6 Å². The highest BCUT2D eigenvalue weighted by Gasteiger charge is 2.38. The molecule has 2 heterocycles. The molecule has 1 aliphatic heterocycles. The largest absolute Gasteiger partial charge is 0.490 e. The number of rotatable bonds is 6. The molecule has 1 aliphatic carbocycles. The first-order valence-electron chi connectivity index (χ1n) is 13.2. The molecule has 0 radical (unpaired) electrons. The van der Waals surface area contributed by atoms with Gasteiger partial charge in [-0.05, 0) is 69.4 Å². The van der Waals surface area contributed by atoms with Crippen molar-refractivity contribution in [1.29, 1.82) is 0 Å². The number of likely N-dealkylation sites (tertiary alicyclic amines) is 1. The Balaban J connectivity index is 0.000000541. The number of piperidine rings is 1. The number of carboxylic acids is 1. The standard InChI is InChI=1S/C25H27Cl2FN4O3S.C2HF3O2/c1-14-21-12-22(25(33)30-36(34,35)20-3-4-20)23(28)13-24(21)32(29-14)19-5-7-31(8-6-19)15(2)16-9-17(26)11-18(27)10-16;3-2(4,5)1(6)7/h9-13,15,19-20H,3-8H2,1-2H3,(H,30,33);(H,6,7)/t15-;/m1./s1. The second-order valence-electron chi connectivity index (χ2n) is 10.5. The van der Waals surface area contributed by atoms with Crippen LogP contribution < -0.4 is 4.72 Å². The van der Waals surface area contributed by atoms with E-state index in [1.54, 1.807) is 13.0 Å². The highest BCUT2D eigenvalue weighted by atomic mass is 35.5. The molecular formula is C27H28Cl2F4N4O5S. The van der Waals surface area contributed by atoms with E-state index in [9.17, 15) is 26.4 Å². The summed E-state index contributed by atoms with van der Waals surface area (Å²) in [5.74, 6) is -4.47. The number of amides is 1. The minimum Gasteiger partial charge on any atom is -0.475 e. The predicted molar refractivity (Wildman–Crippen MR) is 152 cm³/mol. The van der Waals surface area contributed by atoms with Crippen molar-refractivity contribution in [3.05, 3.63) is 63.0 Å². The zero-order chi connectivity index (χ0) is 31.9. The summed E-state index contributed by atoms with van der Waals surface area (Å²) >= 11 is 12.4. The molecular weight excluding hydrogens is 639 g/mol. The van der Waals surface area contributed by atoms with Gasteiger partial charge < -0.3 is 5.11 Å². The first-order valence-corrected chi connectivity index (χ1v) is 15.5. The van der Waals surface area contributed by atoms with Crippen molar-refractivity contribution >= 4 is 56.0 Å². The first kappa shape index (κ1) is 33.0. The first-order chi connectivity index (χ1) is 20.0. The van der Waals surface area contributed by atoms with Gasteiger partial charge in [0.25, 0.3) is 5.91 Å². The quantitative estimate of drug-likeness (QED) is 0.308. The minimum absolute atomic E-state index is 0.0712. The Hall–Kier alpha value is -2.94. The van der Waals surface area contributed by atoms with Gasteiger partial charge in [-0.15, -0.1) is 0 Å². The van der Waals surface area contributed by atoms with Crippen molar-refractivity contribution in [2.45, 2.75) is 63.0 Å². The van der Waals surface area contributed by atoms with E-state index >= 15 is 4.39 Å². The number of carbonyl (C=O) groups excluding carboxylic acids is 1. The maximum Gasteiger partial charge on any atom is 0.490 e. The van der Waals surface area contributed by atoms with Crippen molar-refractivity contribution in [3.8, 4) is 0 Å². The lowest BCUT2D eigenvalue weighted by Gasteiger charge is -2.36. The van der Waals surface area contributed by atoms with Gasteiger partial charge in [0.1, 0.15) is 5.82 Å². The molecule has 9 nitrogen and oxygen atoms in total. The fourth-order valence-electron chi connectivity index (χ4n) is 4.95. The molecule has 1 amide bonds. The van der Waals surface area contributed by atoms with Gasteiger partial charge in [-0.3, -0.25) is 14.4 Å². The van der Waals surface area contributed by atoms with E-state index in [4.69, 9.17) is 33.1 Å². The van der Waals surface area contributed by atoms with Crippen LogP contribution >= 0.6 is 23.2 Å². The molecule has 5 rings (SSSR count). The third kappa shape index (κ3) is 7.78. The Morgan fingerprint density at radius 2 is 1.60 bits per heavy atom. The van der Waals surface area contributed by atoms with Crippen molar-refractivity contribution in [2.24, 2.45) is 0 Å². The number of benzene rings is 2. The summed E-state index contributed by atoms with van der Waals surface area (Å²) in [7, 11) is -3.77. The number of carboxylic acid groups (broad SMARTS) is 1. The lowest BCUT2D eigenvalue weighted by Crippen LogP contribution is -2.36. The number of nitrogens with zero attached hydrogens (tertiary/aromatic N) is 3. The SMILES string of the molecule is Cc1nn(C2CCN([C@H](C)c3cc(Cl)cc(Cl)c3)CC2)c2cc(F)c(C(=O)NS(=O)(=O)C3CC3)cc12.O=C(O)C(F)(F)F. The molecule has 0 bridgehead atoms. The molecule has 43 heavy (non-hydrogen) atoms. The summed E-state index contributed by atoms with van der Waals surface area (Å²) in [6.07, 6.45) is -2.42. The molecule has 2 fully saturated rings. The van der Waals surface area contributed by atoms with Crippen molar-refractivity contribution in [2.75, 3.05) is 13.1 Å². The Kier molecular flexibility index (Phi) is 9.64. The lowest BCUT2D eigenvalue weighted by atomic mass is 10.00. The summed E-state index contributed by atoms with van der Waals surface area (Å²) < 4.78 is 74.9. The normalized spacial score (nSPS) is 17.3. The predicted octanol–water partition coefficient (Wildman–Crippen LogP) is 6.04. The van der Waals surface area contributed by atoms with Gasteiger partial charge >= 0.3 is 12.1 Å². The number of alkyl halides is 3. The summed E-state index contributed by atoms with van der Waals surface area (Å²) in [6, 6.07) is 8.49. The van der Waals surface area contributed by atoms with Crippen LogP contribution in [-0.4, -0.2) is 64.6 Å². The van der Waals surface area contributed by atoms with E-state index in [1.165, 1.54) is 12.1 Å². The number of sulfonamides is 1. The van der Waals surface area contributed by atoms with E-state index in [2.05, 4.69) is 16.9 Å². The fraction of sp³-hybridized carbons (Fsp3) is 0.444. The summed E-state index contributed by atoms with van der Waals surface area (Å²) in [5.41, 5.74) is 2.02. The molecule has 3 aromatic rings. The number of carbonyl (C=O) groups is 2. The smallest absolute Gasteiger partial charge is 0.475 e. The van der Waals surface area contributed by atoms with Crippen LogP contribution in [0.5, 0.6) is 0 Å². The molecule has 1 aromatic heterocycles. The van der Waals surface area contributed by atoms with Crippen LogP contribution in [0.25, 0.3) is 10.9 Å². The fourth-order valence-corrected chi connectivity index (χ4v) is 6.79. The van der Waals surface area contributed by atoms with Crippen LogP contribution in [0, 0.1) is 12.7 Å². The topological polar surface area (TPSA) is 122 Å². The summed E-state index contributed by atoms with van der Waals surface area (Å²) in [5, 5.41) is 13.1. The van der Waals surface area contributed by atoms with E-state index in [-0.39, 0.29) is 17.6 Å². The average molecular weight is 668 g/mol. The number of aromatic nitrogens is 2. The van der Waals surface area contributed by atoms with E-state index in [0.29, 0.717) is 39.5 Å². The highest BCUT2D eigenvalue weighted by molar-refractivity contribution is 7.91. The van der Waals surface area contributed by atoms with Crippen LogP contribution in [-0.2, 0) is 14.8 Å². The number of aryl methyl sites for hydroxylation is 1. The lowest BCUT2D eigenvalue weighted by molar-refractivity contribution is -0.192. The third-order valence-corrected chi connectivity index (χ3v) is 9.68. The van der Waals surface area contributed by atoms with Crippen molar-refractivity contribution < 1.29 is 40.7 Å². The number of hydrogen-bond donors (Lipinski definition) is 2. The van der Waals surface area contributed by atoms with Gasteiger partial charge in [-0.25, -0.2) is 22.3 Å². The molecule has 1 saturated heterocycles. The molecule has 0 spiro atoms. The third-order valence-electron chi connectivity index (χ3n) is 7.42. The Labute approximate surface area is 254 Å². The zero-order valence-electron chi connectivity index (χ0n) is 23.0. The maximum atomic E-state index is 15.0. The average Bonchev–Trinajstić information content (AvgIpc) is 3.72. The number of nitrogens with one attached hydrogen (secondary N) is 1. The summed E-state index contributed by atoms with van der Waals surface area (Å²) in [4.78, 5) is 23.8. The second-order valence-corrected chi connectivity index (χ2v) is 13.3. The van der Waals surface area contributed by atoms with Crippen LogP contribution in [0.1, 0.15) is 66.3 Å². The van der Waals surface area contributed by atoms with Gasteiger partial charge in [0, 0.05) is 40.6 Å². The molecule has 234 valence electrons. The van der Waals surface area contributed by atoms with Crippen LogP contribution in [0.3, 0.4) is 0 Å². The van der Waals surface area contributed by atoms with E-state index < -0.39 is 39.1 Å². The Morgan fingerprint density at radius 1 is 1.05 bits per heavy atom. The van der Waals surface area contributed by atoms with Crippen LogP contribution in [0.2, 0.25) is 10.0 Å². The zero-order valence-corrected chi connectivity index (χ0v) is 25.3. The number of halogens is 6. The van der Waals surface area contributed by atoms with Gasteiger partial charge in [-0.2, -0.15) is 18.3 Å². The van der Waals surface area contributed by atoms with Gasteiger partial charge in [0.15, 0.2) is 0 Å². The molecule has 2 aromatic carbocycles. The number of aliphatic carboxylic acids is 1. The second kappa shape index (κ2) is 12.6. The van der Waals surface area contributed by atoms with Gasteiger partial charge in [-0.1, -0.05) is 23.2 Å². The van der Waals surface area contributed by atoms with Gasteiger partial charge in [0.2, 0.25) is 10.0 Å². The monoisotopic (exact) mass is 666 g/mol. The Morgan fingerprint density at radius 3 is 2.12 bits per heavy atom. The van der Waals surface area contributed by atoms with Crippen molar-refractivity contribution in [3.63, 3.8) is 0 Å². The highest BCUT2D eigenvalue weighted by Crippen LogP contribution is 2.34. The maximum absolute atomic E-state index is 15.0. The van der Waals surface area contributed by atoms with Gasteiger partial charge in [0.05, 0.1) is 28.1 Å². The molecule has 2 N–H and O–H groups in total. The Bertz CT molecular complexity index is 1630. The molecule has 16 heteroatoms. The van der Waals surface area contributed by atoms with Crippen LogP contribution in [0.15, 0.2) is 30.3 Å². The van der Waals surface area contributed by atoms with E-state index in [0.717, 1.165) is 31.5 Å². The molecule has 2 aliphatic rings. The summed E-state index contributed by atoms with van der Waals surface area (Å²) in [6.45, 7) is 5.57. The van der Waals surface area contributed by atoms with E-state index in [1.807, 2.05) is 21.5 Å². The minimum atomic E-state index is -5.08. The number of hydrogen-bond acceptors (Lipinski definition) is 6. The molecule has 1 atom stereocenters. The van der Waals surface area contributed by atoms with Crippen molar-refractivity contribution in [1.82, 2.24) is 19.4 Å².